The van der Waals surface area contributed by atoms with E-state index in [-0.39, 0.29) is 18.4 Å². The lowest BCUT2D eigenvalue weighted by molar-refractivity contribution is -0.134. The molecule has 1 unspecified atom stereocenters. The number of halogens is 3. The molecule has 0 spiro atoms. The second-order valence-electron chi connectivity index (χ2n) is 16.0. The van der Waals surface area contributed by atoms with Crippen LogP contribution in [0.3, 0.4) is 0 Å². The van der Waals surface area contributed by atoms with Gasteiger partial charge in [-0.2, -0.15) is 4.98 Å². The number of carbonyl (C=O) groups is 2. The van der Waals surface area contributed by atoms with E-state index < -0.39 is 36.5 Å². The van der Waals surface area contributed by atoms with E-state index in [1.165, 1.54) is 17.7 Å². The van der Waals surface area contributed by atoms with Crippen LogP contribution in [0.4, 0.5) is 37.6 Å². The molecule has 0 aliphatic carbocycles. The highest BCUT2D eigenvalue weighted by atomic mass is 79.9. The van der Waals surface area contributed by atoms with E-state index >= 15 is 0 Å². The number of benzene rings is 3. The molecule has 0 bridgehead atoms. The Kier molecular flexibility index (Phi) is 14.5. The van der Waals surface area contributed by atoms with Crippen LogP contribution in [0.2, 0.25) is 0 Å². The number of hydrogen-bond acceptors (Lipinski definition) is 13. The van der Waals surface area contributed by atoms with Crippen LogP contribution >= 0.6 is 23.1 Å². The van der Waals surface area contributed by atoms with Crippen LogP contribution in [0.1, 0.15) is 61.6 Å². The van der Waals surface area contributed by atoms with Crippen LogP contribution in [0.25, 0.3) is 11.0 Å². The van der Waals surface area contributed by atoms with Crippen molar-refractivity contribution in [2.45, 2.75) is 63.8 Å². The zero-order chi connectivity index (χ0) is 44.0. The van der Waals surface area contributed by atoms with E-state index in [0.717, 1.165) is 56.8 Å². The predicted octanol–water partition coefficient (Wildman–Crippen LogP) is 7.07. The average molecular weight is 934 g/mol. The molecule has 18 heteroatoms. The Bertz CT molecular complexity index is 2480. The van der Waals surface area contributed by atoms with Crippen molar-refractivity contribution < 1.29 is 27.7 Å². The number of ether oxygens (including phenoxy) is 1. The summed E-state index contributed by atoms with van der Waals surface area (Å²) in [4.78, 5) is 44.2. The number of aromatic nitrogens is 4. The highest BCUT2D eigenvalue weighted by Crippen LogP contribution is 2.42. The van der Waals surface area contributed by atoms with E-state index in [2.05, 4.69) is 81.4 Å². The van der Waals surface area contributed by atoms with Crippen LogP contribution in [0, 0.1) is 11.6 Å². The Balaban J connectivity index is 0.894. The number of carbonyl (C=O) groups excluding carboxylic acids is 2. The molecular weight excluding hydrogens is 881 g/mol. The summed E-state index contributed by atoms with van der Waals surface area (Å²) in [5.74, 6) is -2.06. The number of aryl methyl sites for hydroxylation is 2. The highest BCUT2D eigenvalue weighted by Gasteiger charge is 2.32. The first-order valence-electron chi connectivity index (χ1n) is 20.9. The van der Waals surface area contributed by atoms with Crippen molar-refractivity contribution in [2.24, 2.45) is 0 Å². The molecule has 3 aromatic carbocycles. The van der Waals surface area contributed by atoms with Crippen LogP contribution in [0.5, 0.6) is 5.75 Å². The quantitative estimate of drug-likeness (QED) is 0.0364. The van der Waals surface area contributed by atoms with Gasteiger partial charge in [-0.1, -0.05) is 6.92 Å². The lowest BCUT2D eigenvalue weighted by Crippen LogP contribution is -2.44. The molecule has 2 aromatic heterocycles. The topological polar surface area (TPSA) is 175 Å². The van der Waals surface area contributed by atoms with Gasteiger partial charge in [0.05, 0.1) is 39.7 Å². The lowest BCUT2D eigenvalue weighted by Gasteiger charge is -2.35. The summed E-state index contributed by atoms with van der Waals surface area (Å²) in [6, 6.07) is 10.8. The zero-order valence-corrected chi connectivity index (χ0v) is 37.8. The molecule has 5 aromatic rings. The van der Waals surface area contributed by atoms with Gasteiger partial charge in [0, 0.05) is 74.5 Å². The molecule has 62 heavy (non-hydrogen) atoms. The van der Waals surface area contributed by atoms with Crippen molar-refractivity contribution >= 4 is 80.1 Å². The minimum Gasteiger partial charge on any atom is -0.494 e. The van der Waals surface area contributed by atoms with Gasteiger partial charge in [-0.05, 0) is 116 Å². The first kappa shape index (κ1) is 44.9. The molecule has 0 radical (unpaired) electrons. The smallest absolute Gasteiger partial charge is 0.234 e. The number of imide groups is 1. The lowest BCUT2D eigenvalue weighted by atomic mass is 9.88. The Morgan fingerprint density at radius 2 is 1.71 bits per heavy atom. The molecule has 2 aliphatic rings. The summed E-state index contributed by atoms with van der Waals surface area (Å²) >= 11 is 3.57. The number of nitrogens with one attached hydrogen (secondary N) is 5. The molecule has 14 nitrogen and oxygen atoms in total. The second-order valence-corrected chi connectivity index (χ2v) is 20.0. The molecule has 4 heterocycles. The van der Waals surface area contributed by atoms with Gasteiger partial charge in [0.25, 0.3) is 0 Å². The maximum absolute atomic E-state index is 14.9. The molecule has 1 atom stereocenters. The molecule has 0 saturated carbocycles. The first-order chi connectivity index (χ1) is 29.8. The predicted molar refractivity (Wildman–Crippen MR) is 243 cm³/mol. The van der Waals surface area contributed by atoms with E-state index in [4.69, 9.17) is 9.72 Å². The number of hydrogen-bond donors (Lipinski definition) is 5. The number of nitrogens with zero attached hydrogens (tertiary/aromatic N) is 5. The van der Waals surface area contributed by atoms with Crippen LogP contribution in [-0.2, 0) is 27.0 Å². The van der Waals surface area contributed by atoms with Crippen molar-refractivity contribution in [1.82, 2.24) is 35.9 Å². The monoisotopic (exact) mass is 932 g/mol. The van der Waals surface area contributed by atoms with Crippen molar-refractivity contribution in [3.8, 4) is 5.75 Å². The summed E-state index contributed by atoms with van der Waals surface area (Å²) in [5, 5.41) is 16.6. The van der Waals surface area contributed by atoms with Crippen molar-refractivity contribution in [1.29, 1.82) is 0 Å². The van der Waals surface area contributed by atoms with E-state index in [9.17, 15) is 22.9 Å². The summed E-state index contributed by atoms with van der Waals surface area (Å²) in [7, 11) is -1.13. The first-order valence-corrected chi connectivity index (χ1v) is 24.3. The maximum atomic E-state index is 14.9. The molecule has 7 rings (SSSR count). The fourth-order valence-corrected chi connectivity index (χ4v) is 9.89. The number of methoxy groups -OCH3 is 1. The third-order valence-electron chi connectivity index (χ3n) is 11.3. The zero-order valence-electron chi connectivity index (χ0n) is 35.3. The average Bonchev–Trinajstić information content (AvgIpc) is 3.24. The van der Waals surface area contributed by atoms with Gasteiger partial charge in [-0.3, -0.25) is 24.9 Å². The third kappa shape index (κ3) is 10.6. The molecule has 2 fully saturated rings. The summed E-state index contributed by atoms with van der Waals surface area (Å²) in [5.41, 5.74) is 5.18. The van der Waals surface area contributed by atoms with E-state index in [1.807, 2.05) is 12.1 Å². The van der Waals surface area contributed by atoms with Gasteiger partial charge in [0.1, 0.15) is 35.9 Å². The molecular formula is C44H52BrF2N10O4P. The molecule has 2 amide bonds. The summed E-state index contributed by atoms with van der Waals surface area (Å²) in [6.45, 7) is 9.60. The van der Waals surface area contributed by atoms with E-state index in [1.54, 1.807) is 39.0 Å². The number of rotatable bonds is 17. The fourth-order valence-electron chi connectivity index (χ4n) is 8.20. The van der Waals surface area contributed by atoms with Crippen molar-refractivity contribution in [3.05, 3.63) is 87.8 Å². The molecule has 2 saturated heterocycles. The Labute approximate surface area is 368 Å². The Morgan fingerprint density at radius 3 is 2.42 bits per heavy atom. The number of anilines is 5. The van der Waals surface area contributed by atoms with Gasteiger partial charge in [-0.15, -0.1) is 0 Å². The molecule has 2 aliphatic heterocycles. The number of amides is 2. The maximum Gasteiger partial charge on any atom is 0.234 e. The van der Waals surface area contributed by atoms with Gasteiger partial charge in [0.15, 0.2) is 0 Å². The standard InChI is InChI=1S/C44H52BrF2N10O4P/c1-5-27-23-35(54-44-52-25-30(45)42(56-44)53-34-10-9-33-40(51-18-17-50-33)41(34)62(3,4)60)37(61-2)24-36(27)57-19-12-28(13-20-57)49-16-15-48-14-6-7-26-21-31(46)39(32(47)22-26)29-8-11-38(58)55-43(29)59/h9-10,17-18,21-25,28-29,48-49H,5-8,11-16,19-20H2,1-4H3,(H,55,58,59)(H2,52,53,54,56). The SMILES string of the molecule is CCc1cc(Nc2ncc(Br)c(Nc3ccc4nccnc4c3P(C)(C)=O)n2)c(OC)cc1N1CCC(NCCNCCCc2cc(F)c(C3CCC(=O)NC3=O)c(F)c2)CC1. The Hall–Kier alpha value is -5.09. The normalized spacial score (nSPS) is 16.1. The van der Waals surface area contributed by atoms with Crippen LogP contribution < -0.4 is 41.5 Å². The van der Waals surface area contributed by atoms with Gasteiger partial charge in [0.2, 0.25) is 17.8 Å². The summed E-state index contributed by atoms with van der Waals surface area (Å²) in [6.07, 6.45) is 9.00. The largest absolute Gasteiger partial charge is 0.494 e. The minimum absolute atomic E-state index is 0.0609. The molecule has 5 N–H and O–H groups in total. The van der Waals surface area contributed by atoms with Gasteiger partial charge < -0.3 is 35.5 Å². The highest BCUT2D eigenvalue weighted by molar-refractivity contribution is 9.10. The fraction of sp³-hybridized carbons (Fsp3) is 0.409. The third-order valence-corrected chi connectivity index (χ3v) is 13.4. The number of piperidine rings is 2. The van der Waals surface area contributed by atoms with E-state index in [0.29, 0.717) is 75.0 Å². The summed E-state index contributed by atoms with van der Waals surface area (Å²) < 4.78 is 49.8. The second kappa shape index (κ2) is 20.0. The van der Waals surface area contributed by atoms with Crippen molar-refractivity contribution in [2.75, 3.05) is 68.7 Å². The van der Waals surface area contributed by atoms with Gasteiger partial charge in [-0.25, -0.2) is 13.8 Å². The van der Waals surface area contributed by atoms with Gasteiger partial charge >= 0.3 is 0 Å². The van der Waals surface area contributed by atoms with Crippen LogP contribution in [0.15, 0.2) is 59.5 Å². The van der Waals surface area contributed by atoms with Crippen molar-refractivity contribution in [3.63, 3.8) is 0 Å². The Morgan fingerprint density at radius 1 is 0.952 bits per heavy atom. The molecule has 328 valence electrons. The minimum atomic E-state index is -2.78. The van der Waals surface area contributed by atoms with Crippen LogP contribution in [-0.4, -0.2) is 91.0 Å². The number of fused-ring (bicyclic) bond motifs is 1.